The molecule has 0 radical (unpaired) electrons. The zero-order valence-electron chi connectivity index (χ0n) is 9.45. The van der Waals surface area contributed by atoms with Crippen molar-refractivity contribution in [3.8, 4) is 0 Å². The van der Waals surface area contributed by atoms with Crippen LogP contribution in [0.15, 0.2) is 58.2 Å². The van der Waals surface area contributed by atoms with Crippen LogP contribution >= 0.6 is 15.9 Å². The Morgan fingerprint density at radius 1 is 1.22 bits per heavy atom. The van der Waals surface area contributed by atoms with Gasteiger partial charge in [-0.3, -0.25) is 4.79 Å². The summed E-state index contributed by atoms with van der Waals surface area (Å²) in [7, 11) is 0. The Hall–Kier alpha value is -1.88. The smallest absolute Gasteiger partial charge is 0.276 e. The molecule has 2 aromatic heterocycles. The summed E-state index contributed by atoms with van der Waals surface area (Å²) in [5, 5.41) is 4.04. The molecule has 0 N–H and O–H groups in total. The van der Waals surface area contributed by atoms with Gasteiger partial charge < -0.3 is 4.57 Å². The summed E-state index contributed by atoms with van der Waals surface area (Å²) in [4.78, 5) is 12.2. The first-order valence-electron chi connectivity index (χ1n) is 5.51. The third-order valence-corrected chi connectivity index (χ3v) is 3.27. The quantitative estimate of drug-likeness (QED) is 0.729. The fraction of sp³-hybridized carbons (Fsp3) is 0.0769. The fourth-order valence-electron chi connectivity index (χ4n) is 1.92. The Morgan fingerprint density at radius 3 is 2.94 bits per heavy atom. The molecule has 0 saturated heterocycles. The van der Waals surface area contributed by atoms with Gasteiger partial charge in [0.15, 0.2) is 0 Å². The molecule has 0 spiro atoms. The minimum atomic E-state index is -0.0324. The molecular weight excluding hydrogens is 294 g/mol. The summed E-state index contributed by atoms with van der Waals surface area (Å²) in [6.45, 7) is 0.556. The van der Waals surface area contributed by atoms with Gasteiger partial charge in [-0.2, -0.15) is 5.10 Å². The van der Waals surface area contributed by atoms with Crippen molar-refractivity contribution < 1.29 is 0 Å². The maximum absolute atomic E-state index is 12.2. The van der Waals surface area contributed by atoms with E-state index in [9.17, 15) is 4.79 Å². The highest BCUT2D eigenvalue weighted by molar-refractivity contribution is 9.10. The number of fused-ring (bicyclic) bond motifs is 1. The minimum Gasteiger partial charge on any atom is -0.308 e. The molecule has 5 heteroatoms. The van der Waals surface area contributed by atoms with Gasteiger partial charge in [-0.1, -0.05) is 28.1 Å². The van der Waals surface area contributed by atoms with Crippen molar-refractivity contribution in [3.05, 3.63) is 69.3 Å². The lowest BCUT2D eigenvalue weighted by Crippen LogP contribution is -2.21. The molecule has 3 aromatic rings. The second kappa shape index (κ2) is 4.42. The maximum atomic E-state index is 12.2. The van der Waals surface area contributed by atoms with Gasteiger partial charge in [0.05, 0.1) is 12.7 Å². The van der Waals surface area contributed by atoms with Gasteiger partial charge in [0.25, 0.3) is 5.56 Å². The van der Waals surface area contributed by atoms with E-state index in [0.717, 1.165) is 10.0 Å². The van der Waals surface area contributed by atoms with Gasteiger partial charge in [0.1, 0.15) is 5.52 Å². The first kappa shape index (κ1) is 11.2. The highest BCUT2D eigenvalue weighted by atomic mass is 79.9. The van der Waals surface area contributed by atoms with E-state index in [0.29, 0.717) is 12.1 Å². The van der Waals surface area contributed by atoms with Crippen LogP contribution in [0, 0.1) is 0 Å². The molecule has 0 atom stereocenters. The number of halogens is 1. The zero-order chi connectivity index (χ0) is 12.5. The van der Waals surface area contributed by atoms with E-state index in [-0.39, 0.29) is 5.56 Å². The van der Waals surface area contributed by atoms with Crippen LogP contribution < -0.4 is 5.56 Å². The standard InChI is InChI=1S/C13H10BrN3O/c14-11-3-1-2-10(8-11)9-16-6-7-17-12(13(16)18)4-5-15-17/h1-8H,9H2. The Balaban J connectivity index is 2.05. The van der Waals surface area contributed by atoms with Crippen LogP contribution in [0.25, 0.3) is 5.52 Å². The summed E-state index contributed by atoms with van der Waals surface area (Å²) >= 11 is 3.43. The number of rotatable bonds is 2. The molecule has 0 bridgehead atoms. The summed E-state index contributed by atoms with van der Waals surface area (Å²) in [6.07, 6.45) is 5.16. The molecule has 18 heavy (non-hydrogen) atoms. The van der Waals surface area contributed by atoms with E-state index in [1.165, 1.54) is 0 Å². The van der Waals surface area contributed by atoms with Crippen molar-refractivity contribution in [2.75, 3.05) is 0 Å². The Labute approximate surface area is 112 Å². The number of benzene rings is 1. The molecular formula is C13H10BrN3O. The SMILES string of the molecule is O=c1c2ccnn2ccn1Cc1cccc(Br)c1. The summed E-state index contributed by atoms with van der Waals surface area (Å²) in [5.74, 6) is 0. The number of nitrogens with zero attached hydrogens (tertiary/aromatic N) is 3. The van der Waals surface area contributed by atoms with Crippen LogP contribution in [-0.4, -0.2) is 14.2 Å². The summed E-state index contributed by atoms with van der Waals surface area (Å²) < 4.78 is 4.27. The average molecular weight is 304 g/mol. The molecule has 1 aromatic carbocycles. The van der Waals surface area contributed by atoms with Gasteiger partial charge in [0, 0.05) is 16.9 Å². The Morgan fingerprint density at radius 2 is 2.11 bits per heavy atom. The third kappa shape index (κ3) is 1.97. The van der Waals surface area contributed by atoms with E-state index < -0.39 is 0 Å². The van der Waals surface area contributed by atoms with Crippen LogP contribution in [0.2, 0.25) is 0 Å². The Bertz CT molecular complexity index is 760. The van der Waals surface area contributed by atoms with Crippen molar-refractivity contribution in [1.82, 2.24) is 14.2 Å². The minimum absolute atomic E-state index is 0.0324. The van der Waals surface area contributed by atoms with Gasteiger partial charge in [-0.15, -0.1) is 0 Å². The predicted octanol–water partition coefficient (Wildman–Crippen LogP) is 2.31. The summed E-state index contributed by atoms with van der Waals surface area (Å²) in [5.41, 5.74) is 1.64. The second-order valence-electron chi connectivity index (χ2n) is 4.02. The molecule has 0 aliphatic heterocycles. The van der Waals surface area contributed by atoms with Gasteiger partial charge in [-0.05, 0) is 23.8 Å². The molecule has 0 unspecified atom stereocenters. The molecule has 90 valence electrons. The molecule has 4 nitrogen and oxygen atoms in total. The fourth-order valence-corrected chi connectivity index (χ4v) is 2.36. The molecule has 0 aliphatic rings. The monoisotopic (exact) mass is 303 g/mol. The van der Waals surface area contributed by atoms with E-state index in [1.54, 1.807) is 33.7 Å². The van der Waals surface area contributed by atoms with E-state index in [2.05, 4.69) is 21.0 Å². The van der Waals surface area contributed by atoms with Crippen molar-refractivity contribution in [3.63, 3.8) is 0 Å². The Kier molecular flexibility index (Phi) is 2.76. The van der Waals surface area contributed by atoms with Gasteiger partial charge in [0.2, 0.25) is 0 Å². The van der Waals surface area contributed by atoms with Crippen molar-refractivity contribution in [2.45, 2.75) is 6.54 Å². The largest absolute Gasteiger partial charge is 0.308 e. The summed E-state index contributed by atoms with van der Waals surface area (Å²) in [6, 6.07) is 9.65. The molecule has 0 aliphatic carbocycles. The van der Waals surface area contributed by atoms with Crippen LogP contribution in [0.3, 0.4) is 0 Å². The van der Waals surface area contributed by atoms with Crippen molar-refractivity contribution >= 4 is 21.4 Å². The lowest BCUT2D eigenvalue weighted by atomic mass is 10.2. The number of hydrogen-bond acceptors (Lipinski definition) is 2. The van der Waals surface area contributed by atoms with Crippen LogP contribution in [0.5, 0.6) is 0 Å². The molecule has 2 heterocycles. The topological polar surface area (TPSA) is 39.3 Å². The predicted molar refractivity (Wildman–Crippen MR) is 72.7 cm³/mol. The van der Waals surface area contributed by atoms with Gasteiger partial charge in [-0.25, -0.2) is 4.52 Å². The number of aromatic nitrogens is 3. The highest BCUT2D eigenvalue weighted by Crippen LogP contribution is 2.12. The number of hydrogen-bond donors (Lipinski definition) is 0. The maximum Gasteiger partial charge on any atom is 0.276 e. The average Bonchev–Trinajstić information content (AvgIpc) is 2.82. The van der Waals surface area contributed by atoms with Gasteiger partial charge >= 0.3 is 0 Å². The van der Waals surface area contributed by atoms with Crippen LogP contribution in [0.4, 0.5) is 0 Å². The van der Waals surface area contributed by atoms with Crippen LogP contribution in [-0.2, 0) is 6.54 Å². The normalized spacial score (nSPS) is 10.9. The molecule has 0 saturated carbocycles. The zero-order valence-corrected chi connectivity index (χ0v) is 11.0. The first-order valence-corrected chi connectivity index (χ1v) is 6.30. The van der Waals surface area contributed by atoms with E-state index in [1.807, 2.05) is 24.3 Å². The third-order valence-electron chi connectivity index (χ3n) is 2.78. The first-order chi connectivity index (χ1) is 8.74. The van der Waals surface area contributed by atoms with Crippen molar-refractivity contribution in [1.29, 1.82) is 0 Å². The van der Waals surface area contributed by atoms with Crippen LogP contribution in [0.1, 0.15) is 5.56 Å². The highest BCUT2D eigenvalue weighted by Gasteiger charge is 2.03. The van der Waals surface area contributed by atoms with E-state index >= 15 is 0 Å². The lowest BCUT2D eigenvalue weighted by molar-refractivity contribution is 0.742. The molecule has 3 rings (SSSR count). The second-order valence-corrected chi connectivity index (χ2v) is 4.94. The van der Waals surface area contributed by atoms with E-state index in [4.69, 9.17) is 0 Å². The van der Waals surface area contributed by atoms with Crippen molar-refractivity contribution in [2.24, 2.45) is 0 Å². The lowest BCUT2D eigenvalue weighted by Gasteiger charge is -2.06. The molecule has 0 amide bonds. The molecule has 0 fully saturated rings.